The average Bonchev–Trinajstić information content (AvgIpc) is 2.81. The van der Waals surface area contributed by atoms with Gasteiger partial charge in [0.25, 0.3) is 0 Å². The minimum absolute atomic E-state index is 0.103. The second-order valence-electron chi connectivity index (χ2n) is 4.00. The molecule has 21 heavy (non-hydrogen) atoms. The molecule has 0 saturated carbocycles. The maximum atomic E-state index is 11.8. The van der Waals surface area contributed by atoms with Gasteiger partial charge in [-0.1, -0.05) is 15.9 Å². The van der Waals surface area contributed by atoms with Crippen LogP contribution >= 0.6 is 43.2 Å². The Morgan fingerprint density at radius 3 is 2.57 bits per heavy atom. The third-order valence-electron chi connectivity index (χ3n) is 2.41. The molecule has 2 aromatic rings. The summed E-state index contributed by atoms with van der Waals surface area (Å²) in [6.07, 6.45) is 3.10. The number of hydrogen-bond acceptors (Lipinski definition) is 3. The average molecular weight is 431 g/mol. The van der Waals surface area contributed by atoms with Gasteiger partial charge in [0.15, 0.2) is 0 Å². The van der Waals surface area contributed by atoms with Gasteiger partial charge in [0.05, 0.1) is 9.35 Å². The van der Waals surface area contributed by atoms with Gasteiger partial charge in [0.2, 0.25) is 5.91 Å². The van der Waals surface area contributed by atoms with Gasteiger partial charge in [0, 0.05) is 21.1 Å². The number of carbonyl (C=O) groups is 2. The van der Waals surface area contributed by atoms with E-state index in [1.165, 1.54) is 29.5 Å². The second kappa shape index (κ2) is 7.02. The molecule has 0 bridgehead atoms. The van der Waals surface area contributed by atoms with Gasteiger partial charge in [-0.25, -0.2) is 4.79 Å². The summed E-state index contributed by atoms with van der Waals surface area (Å²) in [7, 11) is 0. The molecule has 0 saturated heterocycles. The fraction of sp³-hybridized carbons (Fsp3) is 0. The molecule has 0 aliphatic carbocycles. The SMILES string of the molecule is O=C(/C=C/c1ccc(Br)s1)Nc1cc(Br)cc(C(=O)O)c1. The molecule has 1 amide bonds. The molecule has 0 spiro atoms. The summed E-state index contributed by atoms with van der Waals surface area (Å²) in [4.78, 5) is 23.7. The van der Waals surface area contributed by atoms with Crippen molar-refractivity contribution in [3.05, 3.63) is 55.1 Å². The first-order chi connectivity index (χ1) is 9.94. The van der Waals surface area contributed by atoms with Gasteiger partial charge in [-0.05, 0) is 52.3 Å². The van der Waals surface area contributed by atoms with E-state index in [2.05, 4.69) is 37.2 Å². The van der Waals surface area contributed by atoms with E-state index in [1.807, 2.05) is 12.1 Å². The number of anilines is 1. The van der Waals surface area contributed by atoms with Crippen LogP contribution in [0.1, 0.15) is 15.2 Å². The van der Waals surface area contributed by atoms with Crippen LogP contribution in [0.15, 0.2) is 44.7 Å². The monoisotopic (exact) mass is 429 g/mol. The van der Waals surface area contributed by atoms with E-state index in [9.17, 15) is 9.59 Å². The van der Waals surface area contributed by atoms with Crippen LogP contribution in [0, 0.1) is 0 Å². The van der Waals surface area contributed by atoms with Crippen LogP contribution in [-0.4, -0.2) is 17.0 Å². The third kappa shape index (κ3) is 4.80. The van der Waals surface area contributed by atoms with Crippen molar-refractivity contribution >= 4 is 66.8 Å². The van der Waals surface area contributed by atoms with Crippen LogP contribution < -0.4 is 5.32 Å². The Balaban J connectivity index is 2.09. The summed E-state index contributed by atoms with van der Waals surface area (Å²) >= 11 is 8.07. The van der Waals surface area contributed by atoms with Crippen molar-refractivity contribution in [2.45, 2.75) is 0 Å². The number of carboxylic acid groups (broad SMARTS) is 1. The van der Waals surface area contributed by atoms with Crippen LogP contribution in [0.4, 0.5) is 5.69 Å². The maximum Gasteiger partial charge on any atom is 0.335 e. The number of benzene rings is 1. The van der Waals surface area contributed by atoms with E-state index >= 15 is 0 Å². The highest BCUT2D eigenvalue weighted by Crippen LogP contribution is 2.23. The standard InChI is InChI=1S/C14H9Br2NO3S/c15-9-5-8(14(19)20)6-10(7-9)17-13(18)4-2-11-1-3-12(16)21-11/h1-7H,(H,17,18)(H,19,20)/b4-2+. The number of nitrogens with one attached hydrogen (secondary N) is 1. The van der Waals surface area contributed by atoms with Crippen molar-refractivity contribution in [1.82, 2.24) is 0 Å². The molecule has 0 fully saturated rings. The van der Waals surface area contributed by atoms with E-state index in [0.29, 0.717) is 10.2 Å². The number of carboxylic acids is 1. The van der Waals surface area contributed by atoms with E-state index in [4.69, 9.17) is 5.11 Å². The lowest BCUT2D eigenvalue weighted by molar-refractivity contribution is -0.111. The van der Waals surface area contributed by atoms with E-state index < -0.39 is 5.97 Å². The van der Waals surface area contributed by atoms with E-state index in [-0.39, 0.29) is 11.5 Å². The predicted molar refractivity (Wildman–Crippen MR) is 90.8 cm³/mol. The van der Waals surface area contributed by atoms with Gasteiger partial charge in [-0.3, -0.25) is 4.79 Å². The van der Waals surface area contributed by atoms with Crippen LogP contribution in [0.3, 0.4) is 0 Å². The number of amides is 1. The number of halogens is 2. The maximum absolute atomic E-state index is 11.8. The van der Waals surface area contributed by atoms with Crippen molar-refractivity contribution in [1.29, 1.82) is 0 Å². The molecular formula is C14H9Br2NO3S. The first-order valence-electron chi connectivity index (χ1n) is 5.72. The molecule has 0 radical (unpaired) electrons. The molecule has 0 unspecified atom stereocenters. The summed E-state index contributed by atoms with van der Waals surface area (Å²) in [5, 5.41) is 11.6. The van der Waals surface area contributed by atoms with Crippen molar-refractivity contribution < 1.29 is 14.7 Å². The highest BCUT2D eigenvalue weighted by Gasteiger charge is 2.07. The van der Waals surface area contributed by atoms with Gasteiger partial charge >= 0.3 is 5.97 Å². The zero-order valence-electron chi connectivity index (χ0n) is 10.5. The number of thiophene rings is 1. The Bertz CT molecular complexity index is 725. The fourth-order valence-electron chi connectivity index (χ4n) is 1.54. The Hall–Kier alpha value is -1.44. The quantitative estimate of drug-likeness (QED) is 0.695. The normalized spacial score (nSPS) is 10.8. The highest BCUT2D eigenvalue weighted by atomic mass is 79.9. The molecule has 4 nitrogen and oxygen atoms in total. The zero-order valence-corrected chi connectivity index (χ0v) is 14.5. The summed E-state index contributed by atoms with van der Waals surface area (Å²) in [5.74, 6) is -1.38. The molecule has 0 aliphatic heterocycles. The third-order valence-corrected chi connectivity index (χ3v) is 4.45. The second-order valence-corrected chi connectivity index (χ2v) is 7.41. The number of carbonyl (C=O) groups excluding carboxylic acids is 1. The van der Waals surface area contributed by atoms with Crippen LogP contribution in [0.2, 0.25) is 0 Å². The molecule has 1 heterocycles. The molecule has 2 rings (SSSR count). The van der Waals surface area contributed by atoms with Crippen LogP contribution in [0.25, 0.3) is 6.08 Å². The van der Waals surface area contributed by atoms with Crippen molar-refractivity contribution in [3.8, 4) is 0 Å². The smallest absolute Gasteiger partial charge is 0.335 e. The van der Waals surface area contributed by atoms with Gasteiger partial charge < -0.3 is 10.4 Å². The Labute approximate surface area is 141 Å². The predicted octanol–water partition coefficient (Wildman–Crippen LogP) is 4.62. The van der Waals surface area contributed by atoms with E-state index in [0.717, 1.165) is 8.66 Å². The minimum atomic E-state index is -1.05. The first kappa shape index (κ1) is 15.9. The van der Waals surface area contributed by atoms with Gasteiger partial charge in [-0.15, -0.1) is 11.3 Å². The van der Waals surface area contributed by atoms with E-state index in [1.54, 1.807) is 12.1 Å². The molecule has 1 aromatic carbocycles. The number of hydrogen-bond donors (Lipinski definition) is 2. The fourth-order valence-corrected chi connectivity index (χ4v) is 3.36. The number of aromatic carboxylic acids is 1. The lowest BCUT2D eigenvalue weighted by Crippen LogP contribution is -2.08. The topological polar surface area (TPSA) is 66.4 Å². The molecule has 7 heteroatoms. The Morgan fingerprint density at radius 1 is 1.19 bits per heavy atom. The summed E-state index contributed by atoms with van der Waals surface area (Å²) in [6, 6.07) is 8.30. The molecule has 1 aromatic heterocycles. The summed E-state index contributed by atoms with van der Waals surface area (Å²) < 4.78 is 1.57. The summed E-state index contributed by atoms with van der Waals surface area (Å²) in [5.41, 5.74) is 0.523. The summed E-state index contributed by atoms with van der Waals surface area (Å²) in [6.45, 7) is 0. The first-order valence-corrected chi connectivity index (χ1v) is 8.12. The van der Waals surface area contributed by atoms with Crippen molar-refractivity contribution in [2.24, 2.45) is 0 Å². The van der Waals surface area contributed by atoms with Crippen LogP contribution in [0.5, 0.6) is 0 Å². The minimum Gasteiger partial charge on any atom is -0.478 e. The largest absolute Gasteiger partial charge is 0.478 e. The lowest BCUT2D eigenvalue weighted by atomic mass is 10.2. The lowest BCUT2D eigenvalue weighted by Gasteiger charge is -2.04. The number of rotatable bonds is 4. The van der Waals surface area contributed by atoms with Gasteiger partial charge in [0.1, 0.15) is 0 Å². The molecule has 2 N–H and O–H groups in total. The molecule has 108 valence electrons. The van der Waals surface area contributed by atoms with Gasteiger partial charge in [-0.2, -0.15) is 0 Å². The highest BCUT2D eigenvalue weighted by molar-refractivity contribution is 9.11. The van der Waals surface area contributed by atoms with Crippen molar-refractivity contribution in [2.75, 3.05) is 5.32 Å². The Morgan fingerprint density at radius 2 is 1.95 bits per heavy atom. The molecule has 0 aliphatic rings. The molecular weight excluding hydrogens is 422 g/mol. The zero-order chi connectivity index (χ0) is 15.4. The molecule has 0 atom stereocenters. The van der Waals surface area contributed by atoms with Crippen molar-refractivity contribution in [3.63, 3.8) is 0 Å². The Kier molecular flexibility index (Phi) is 5.33. The van der Waals surface area contributed by atoms with Crippen LogP contribution in [-0.2, 0) is 4.79 Å².